The molecule has 5 nitrogen and oxygen atoms in total. The molecule has 1 saturated heterocycles. The predicted octanol–water partition coefficient (Wildman–Crippen LogP) is 2.83. The number of rotatable bonds is 2. The largest absolute Gasteiger partial charge is 0.427 e. The molecule has 3 rings (SSSR count). The maximum atomic E-state index is 12.4. The quantitative estimate of drug-likeness (QED) is 0.479. The molecule has 2 aliphatic rings. The molecule has 0 atom stereocenters. The molecule has 0 bridgehead atoms. The molecular weight excluding hydrogens is 282 g/mol. The van der Waals surface area contributed by atoms with Crippen LogP contribution >= 0.6 is 0 Å². The van der Waals surface area contributed by atoms with E-state index < -0.39 is 5.97 Å². The second-order valence-corrected chi connectivity index (χ2v) is 6.27. The third kappa shape index (κ3) is 2.75. The molecule has 1 saturated carbocycles. The first kappa shape index (κ1) is 14.8. The topological polar surface area (TPSA) is 63.7 Å². The second kappa shape index (κ2) is 5.55. The fourth-order valence-electron chi connectivity index (χ4n) is 3.60. The van der Waals surface area contributed by atoms with Crippen LogP contribution in [-0.4, -0.2) is 17.8 Å². The van der Waals surface area contributed by atoms with Crippen molar-refractivity contribution in [3.8, 4) is 5.75 Å². The van der Waals surface area contributed by atoms with Gasteiger partial charge in [-0.15, -0.1) is 0 Å². The first-order chi connectivity index (χ1) is 10.5. The van der Waals surface area contributed by atoms with Gasteiger partial charge < -0.3 is 4.74 Å². The third-order valence-electron chi connectivity index (χ3n) is 4.57. The lowest BCUT2D eigenvalue weighted by molar-refractivity contribution is -0.134. The highest BCUT2D eigenvalue weighted by Gasteiger charge is 2.45. The molecule has 1 aliphatic carbocycles. The molecule has 2 amide bonds. The van der Waals surface area contributed by atoms with E-state index in [9.17, 15) is 14.4 Å². The van der Waals surface area contributed by atoms with Crippen molar-refractivity contribution in [2.45, 2.75) is 45.4 Å². The second-order valence-electron chi connectivity index (χ2n) is 6.27. The zero-order valence-corrected chi connectivity index (χ0v) is 12.6. The summed E-state index contributed by atoms with van der Waals surface area (Å²) in [5, 5.41) is 0. The van der Waals surface area contributed by atoms with Crippen LogP contribution < -0.4 is 9.64 Å². The fourth-order valence-corrected chi connectivity index (χ4v) is 3.60. The summed E-state index contributed by atoms with van der Waals surface area (Å²) in [6.07, 6.45) is 5.07. The summed E-state index contributed by atoms with van der Waals surface area (Å²) in [6, 6.07) is 6.47. The minimum absolute atomic E-state index is 0.0949. The van der Waals surface area contributed by atoms with Crippen molar-refractivity contribution in [3.63, 3.8) is 0 Å². The van der Waals surface area contributed by atoms with Crippen LogP contribution in [0, 0.1) is 5.41 Å². The molecule has 1 spiro atoms. The smallest absolute Gasteiger partial charge is 0.308 e. The molecule has 2 fully saturated rings. The van der Waals surface area contributed by atoms with Crippen LogP contribution in [-0.2, 0) is 14.4 Å². The van der Waals surface area contributed by atoms with E-state index in [2.05, 4.69) is 0 Å². The predicted molar refractivity (Wildman–Crippen MR) is 80.4 cm³/mol. The Balaban J connectivity index is 1.78. The molecule has 0 unspecified atom stereocenters. The fraction of sp³-hybridized carbons (Fsp3) is 0.471. The van der Waals surface area contributed by atoms with E-state index in [1.165, 1.54) is 11.8 Å². The van der Waals surface area contributed by atoms with Gasteiger partial charge in [0.2, 0.25) is 11.8 Å². The lowest BCUT2D eigenvalue weighted by Gasteiger charge is -2.37. The number of esters is 1. The van der Waals surface area contributed by atoms with E-state index >= 15 is 0 Å². The number of piperidine rings is 1. The van der Waals surface area contributed by atoms with Gasteiger partial charge in [0.05, 0.1) is 5.69 Å². The highest BCUT2D eigenvalue weighted by Crippen LogP contribution is 2.47. The van der Waals surface area contributed by atoms with E-state index in [1.54, 1.807) is 24.3 Å². The Morgan fingerprint density at radius 1 is 1.05 bits per heavy atom. The minimum atomic E-state index is -0.402. The lowest BCUT2D eigenvalue weighted by atomic mass is 9.76. The van der Waals surface area contributed by atoms with Gasteiger partial charge in [0, 0.05) is 19.8 Å². The highest BCUT2D eigenvalue weighted by molar-refractivity contribution is 6.17. The Labute approximate surface area is 129 Å². The average molecular weight is 301 g/mol. The average Bonchev–Trinajstić information content (AvgIpc) is 2.87. The van der Waals surface area contributed by atoms with Crippen LogP contribution in [0.15, 0.2) is 24.3 Å². The maximum absolute atomic E-state index is 12.4. The monoisotopic (exact) mass is 301 g/mol. The Hall–Kier alpha value is -2.17. The van der Waals surface area contributed by atoms with Crippen LogP contribution in [0.2, 0.25) is 0 Å². The number of benzene rings is 1. The van der Waals surface area contributed by atoms with Crippen molar-refractivity contribution in [1.82, 2.24) is 0 Å². The number of imide groups is 1. The number of amides is 2. The van der Waals surface area contributed by atoms with Crippen LogP contribution in [0.25, 0.3) is 0 Å². The summed E-state index contributed by atoms with van der Waals surface area (Å²) in [5.41, 5.74) is 0.446. The number of anilines is 1. The minimum Gasteiger partial charge on any atom is -0.427 e. The SMILES string of the molecule is CC(=O)Oc1ccc(N2C(=O)CC3(CCCC3)CC2=O)cc1. The van der Waals surface area contributed by atoms with E-state index in [4.69, 9.17) is 4.74 Å². The van der Waals surface area contributed by atoms with E-state index in [-0.39, 0.29) is 17.2 Å². The van der Waals surface area contributed by atoms with Crippen molar-refractivity contribution in [1.29, 1.82) is 0 Å². The highest BCUT2D eigenvalue weighted by atomic mass is 16.5. The Bertz CT molecular complexity index is 594. The van der Waals surface area contributed by atoms with Gasteiger partial charge in [0.25, 0.3) is 0 Å². The van der Waals surface area contributed by atoms with Gasteiger partial charge >= 0.3 is 5.97 Å². The van der Waals surface area contributed by atoms with Crippen molar-refractivity contribution in [2.24, 2.45) is 5.41 Å². The number of carbonyl (C=O) groups is 3. The number of hydrogen-bond donors (Lipinski definition) is 0. The summed E-state index contributed by atoms with van der Waals surface area (Å²) in [7, 11) is 0. The van der Waals surface area contributed by atoms with E-state index in [0.29, 0.717) is 24.3 Å². The third-order valence-corrected chi connectivity index (χ3v) is 4.57. The molecule has 5 heteroatoms. The van der Waals surface area contributed by atoms with Crippen molar-refractivity contribution in [3.05, 3.63) is 24.3 Å². The summed E-state index contributed by atoms with van der Waals surface area (Å²) < 4.78 is 4.96. The Morgan fingerprint density at radius 2 is 1.59 bits per heavy atom. The standard InChI is InChI=1S/C17H19NO4/c1-12(19)22-14-6-4-13(5-7-14)18-15(20)10-17(11-16(18)21)8-2-3-9-17/h4-7H,2-3,8-11H2,1H3. The molecule has 1 aromatic carbocycles. The lowest BCUT2D eigenvalue weighted by Crippen LogP contribution is -2.47. The van der Waals surface area contributed by atoms with Gasteiger partial charge in [-0.05, 0) is 42.5 Å². The molecule has 116 valence electrons. The molecule has 1 aliphatic heterocycles. The van der Waals surface area contributed by atoms with Crippen molar-refractivity contribution in [2.75, 3.05) is 4.90 Å². The van der Waals surface area contributed by atoms with Gasteiger partial charge in [-0.25, -0.2) is 0 Å². The molecule has 22 heavy (non-hydrogen) atoms. The maximum Gasteiger partial charge on any atom is 0.308 e. The summed E-state index contributed by atoms with van der Waals surface area (Å²) in [4.78, 5) is 37.1. The number of hydrogen-bond acceptors (Lipinski definition) is 4. The zero-order valence-electron chi connectivity index (χ0n) is 12.6. The van der Waals surface area contributed by atoms with Gasteiger partial charge in [0.15, 0.2) is 0 Å². The Morgan fingerprint density at radius 3 is 2.09 bits per heavy atom. The normalized spacial score (nSPS) is 20.5. The number of nitrogens with zero attached hydrogens (tertiary/aromatic N) is 1. The summed E-state index contributed by atoms with van der Waals surface area (Å²) in [6.45, 7) is 1.33. The molecule has 1 heterocycles. The van der Waals surface area contributed by atoms with E-state index in [1.807, 2.05) is 0 Å². The van der Waals surface area contributed by atoms with Gasteiger partial charge in [-0.1, -0.05) is 12.8 Å². The summed E-state index contributed by atoms with van der Waals surface area (Å²) in [5.74, 6) is -0.252. The van der Waals surface area contributed by atoms with Gasteiger partial charge in [-0.2, -0.15) is 0 Å². The number of carbonyl (C=O) groups excluding carboxylic acids is 3. The van der Waals surface area contributed by atoms with E-state index in [0.717, 1.165) is 25.7 Å². The molecule has 1 aromatic rings. The van der Waals surface area contributed by atoms with Crippen LogP contribution in [0.1, 0.15) is 45.4 Å². The molecular formula is C17H19NO4. The number of ether oxygens (including phenoxy) is 1. The van der Waals surface area contributed by atoms with Crippen LogP contribution in [0.4, 0.5) is 5.69 Å². The van der Waals surface area contributed by atoms with Gasteiger partial charge in [0.1, 0.15) is 5.75 Å². The van der Waals surface area contributed by atoms with Crippen LogP contribution in [0.3, 0.4) is 0 Å². The van der Waals surface area contributed by atoms with Gasteiger partial charge in [-0.3, -0.25) is 19.3 Å². The molecule has 0 aromatic heterocycles. The van der Waals surface area contributed by atoms with Crippen LogP contribution in [0.5, 0.6) is 5.75 Å². The molecule has 0 N–H and O–H groups in total. The van der Waals surface area contributed by atoms with Crippen molar-refractivity contribution < 1.29 is 19.1 Å². The first-order valence-electron chi connectivity index (χ1n) is 7.63. The zero-order chi connectivity index (χ0) is 15.7. The Kier molecular flexibility index (Phi) is 3.72. The summed E-state index contributed by atoms with van der Waals surface area (Å²) >= 11 is 0. The first-order valence-corrected chi connectivity index (χ1v) is 7.63. The molecule has 0 radical (unpaired) electrons. The van der Waals surface area contributed by atoms with Crippen molar-refractivity contribution >= 4 is 23.5 Å².